The lowest BCUT2D eigenvalue weighted by Crippen LogP contribution is -2.37. The van der Waals surface area contributed by atoms with Crippen LogP contribution in [-0.2, 0) is 0 Å². The number of aromatic nitrogens is 2. The van der Waals surface area contributed by atoms with Gasteiger partial charge in [-0.15, -0.1) is 11.3 Å². The molecule has 1 aliphatic heterocycles. The van der Waals surface area contributed by atoms with E-state index in [1.54, 1.807) is 29.5 Å². The minimum atomic E-state index is -0.847. The molecule has 1 aliphatic carbocycles. The molecule has 3 heterocycles. The Labute approximate surface area is 178 Å². The summed E-state index contributed by atoms with van der Waals surface area (Å²) in [5.74, 6) is 2.42. The fourth-order valence-corrected chi connectivity index (χ4v) is 4.36. The fourth-order valence-electron chi connectivity index (χ4n) is 3.43. The maximum atomic E-state index is 12.2. The Bertz CT molecular complexity index is 893. The number of hydrogen-bond donors (Lipinski definition) is 3. The molecule has 2 aliphatic rings. The molecule has 160 valence electrons. The molecule has 0 spiro atoms. The van der Waals surface area contributed by atoms with Crippen LogP contribution in [-0.4, -0.2) is 51.8 Å². The van der Waals surface area contributed by atoms with Crippen LogP contribution in [0.4, 0.5) is 21.2 Å². The van der Waals surface area contributed by atoms with Crippen molar-refractivity contribution in [2.45, 2.75) is 38.0 Å². The quantitative estimate of drug-likeness (QED) is 0.604. The van der Waals surface area contributed by atoms with Crippen LogP contribution < -0.4 is 15.4 Å². The summed E-state index contributed by atoms with van der Waals surface area (Å²) in [6.45, 7) is 1.66. The molecule has 1 saturated heterocycles. The number of nitrogens with one attached hydrogen (secondary N) is 2. The number of urea groups is 1. The lowest BCUT2D eigenvalue weighted by Gasteiger charge is -2.29. The first-order chi connectivity index (χ1) is 14.6. The molecule has 9 nitrogen and oxygen atoms in total. The summed E-state index contributed by atoms with van der Waals surface area (Å²) in [5.41, 5.74) is 0. The van der Waals surface area contributed by atoms with Crippen molar-refractivity contribution in [3.05, 3.63) is 28.6 Å². The first-order valence-electron chi connectivity index (χ1n) is 10.2. The van der Waals surface area contributed by atoms with Crippen LogP contribution in [0.25, 0.3) is 0 Å². The highest BCUT2D eigenvalue weighted by atomic mass is 32.1. The maximum Gasteiger partial charge on any atom is 0.407 e. The number of carbonyl (C=O) groups excluding carboxylic acids is 1. The molecule has 0 unspecified atom stereocenters. The highest BCUT2D eigenvalue weighted by Crippen LogP contribution is 2.41. The third-order valence-corrected chi connectivity index (χ3v) is 6.32. The molecular weight excluding hydrogens is 406 g/mol. The Morgan fingerprint density at radius 2 is 1.90 bits per heavy atom. The number of anilines is 2. The van der Waals surface area contributed by atoms with Gasteiger partial charge in [-0.1, -0.05) is 6.07 Å². The van der Waals surface area contributed by atoms with E-state index in [0.717, 1.165) is 24.3 Å². The third kappa shape index (κ3) is 5.59. The van der Waals surface area contributed by atoms with Crippen molar-refractivity contribution in [3.63, 3.8) is 0 Å². The molecule has 0 bridgehead atoms. The summed E-state index contributed by atoms with van der Waals surface area (Å²) < 4.78 is 5.74. The predicted molar refractivity (Wildman–Crippen MR) is 113 cm³/mol. The molecule has 2 aromatic heterocycles. The van der Waals surface area contributed by atoms with Gasteiger partial charge in [0.25, 0.3) is 0 Å². The van der Waals surface area contributed by atoms with Crippen LogP contribution in [0.15, 0.2) is 23.6 Å². The number of amides is 3. The molecule has 3 N–H and O–H groups in total. The number of hydrogen-bond acceptors (Lipinski definition) is 6. The number of carbonyl (C=O) groups is 2. The van der Waals surface area contributed by atoms with E-state index >= 15 is 0 Å². The van der Waals surface area contributed by atoms with Gasteiger partial charge >= 0.3 is 12.1 Å². The van der Waals surface area contributed by atoms with Gasteiger partial charge in [-0.05, 0) is 44.1 Å². The number of piperidine rings is 1. The number of pyridine rings is 1. The van der Waals surface area contributed by atoms with E-state index in [4.69, 9.17) is 9.84 Å². The summed E-state index contributed by atoms with van der Waals surface area (Å²) >= 11 is 1.57. The molecule has 0 aromatic carbocycles. The molecule has 4 rings (SSSR count). The topological polar surface area (TPSA) is 117 Å². The Morgan fingerprint density at radius 1 is 1.13 bits per heavy atom. The summed E-state index contributed by atoms with van der Waals surface area (Å²) in [6.07, 6.45) is 4.06. The summed E-state index contributed by atoms with van der Waals surface area (Å²) in [7, 11) is 0. The van der Waals surface area contributed by atoms with Crippen LogP contribution >= 0.6 is 11.3 Å². The highest BCUT2D eigenvalue weighted by molar-refractivity contribution is 7.10. The first-order valence-corrected chi connectivity index (χ1v) is 11.1. The van der Waals surface area contributed by atoms with E-state index in [1.807, 2.05) is 5.38 Å². The molecule has 0 radical (unpaired) electrons. The second-order valence-electron chi connectivity index (χ2n) is 7.64. The van der Waals surface area contributed by atoms with E-state index in [1.165, 1.54) is 17.7 Å². The minimum absolute atomic E-state index is 0.391. The van der Waals surface area contributed by atoms with Crippen LogP contribution in [0.2, 0.25) is 0 Å². The smallest absolute Gasteiger partial charge is 0.407 e. The van der Waals surface area contributed by atoms with Crippen molar-refractivity contribution in [2.75, 3.05) is 30.3 Å². The summed E-state index contributed by atoms with van der Waals surface area (Å²) in [5, 5.41) is 17.4. The Balaban J connectivity index is 1.20. The Kier molecular flexibility index (Phi) is 6.32. The van der Waals surface area contributed by atoms with Gasteiger partial charge in [-0.25, -0.2) is 14.6 Å². The summed E-state index contributed by atoms with van der Waals surface area (Å²) in [4.78, 5) is 33.4. The molecule has 30 heavy (non-hydrogen) atoms. The second kappa shape index (κ2) is 9.29. The van der Waals surface area contributed by atoms with Crippen molar-refractivity contribution < 1.29 is 19.4 Å². The molecule has 2 aromatic rings. The highest BCUT2D eigenvalue weighted by Gasteiger charge is 2.27. The van der Waals surface area contributed by atoms with Gasteiger partial charge in [0.2, 0.25) is 5.88 Å². The van der Waals surface area contributed by atoms with Crippen molar-refractivity contribution >= 4 is 35.1 Å². The normalized spacial score (nSPS) is 16.9. The molecule has 10 heteroatoms. The lowest BCUT2D eigenvalue weighted by molar-refractivity contribution is 0.119. The van der Waals surface area contributed by atoms with Gasteiger partial charge in [-0.3, -0.25) is 10.6 Å². The van der Waals surface area contributed by atoms with Crippen molar-refractivity contribution in [3.8, 4) is 5.88 Å². The van der Waals surface area contributed by atoms with E-state index in [2.05, 4.69) is 20.6 Å². The number of likely N-dealkylation sites (tertiary alicyclic amines) is 1. The zero-order chi connectivity index (χ0) is 20.9. The third-order valence-electron chi connectivity index (χ3n) is 5.32. The second-order valence-corrected chi connectivity index (χ2v) is 8.53. The van der Waals surface area contributed by atoms with Crippen molar-refractivity contribution in [2.24, 2.45) is 5.92 Å². The average molecular weight is 432 g/mol. The van der Waals surface area contributed by atoms with Crippen LogP contribution in [0.5, 0.6) is 5.88 Å². The Morgan fingerprint density at radius 3 is 2.63 bits per heavy atom. The Hall–Kier alpha value is -2.88. The van der Waals surface area contributed by atoms with Gasteiger partial charge in [-0.2, -0.15) is 4.98 Å². The maximum absolute atomic E-state index is 12.2. The number of nitrogens with zero attached hydrogens (tertiary/aromatic N) is 3. The van der Waals surface area contributed by atoms with Crippen molar-refractivity contribution in [1.82, 2.24) is 14.9 Å². The van der Waals surface area contributed by atoms with Crippen molar-refractivity contribution in [1.29, 1.82) is 0 Å². The van der Waals surface area contributed by atoms with Crippen LogP contribution in [0, 0.1) is 5.92 Å². The average Bonchev–Trinajstić information content (AvgIpc) is 3.48. The SMILES string of the molecule is O=C(Nc1cccc(OCCC2CCN(C(=O)O)CC2)n1)Nc1csc(C2CC2)n1. The van der Waals surface area contributed by atoms with Gasteiger partial charge in [0.05, 0.1) is 11.6 Å². The van der Waals surface area contributed by atoms with Gasteiger partial charge in [0.15, 0.2) is 0 Å². The monoisotopic (exact) mass is 431 g/mol. The van der Waals surface area contributed by atoms with Gasteiger partial charge in [0, 0.05) is 30.5 Å². The lowest BCUT2D eigenvalue weighted by atomic mass is 9.94. The minimum Gasteiger partial charge on any atom is -0.478 e. The zero-order valence-electron chi connectivity index (χ0n) is 16.5. The largest absolute Gasteiger partial charge is 0.478 e. The number of thiazole rings is 1. The summed E-state index contributed by atoms with van der Waals surface area (Å²) in [6, 6.07) is 4.83. The first kappa shape index (κ1) is 20.4. The van der Waals surface area contributed by atoms with Gasteiger partial charge < -0.3 is 14.7 Å². The predicted octanol–water partition coefficient (Wildman–Crippen LogP) is 4.22. The van der Waals surface area contributed by atoms with Crippen LogP contribution in [0.1, 0.15) is 43.0 Å². The van der Waals surface area contributed by atoms with E-state index in [9.17, 15) is 9.59 Å². The van der Waals surface area contributed by atoms with Gasteiger partial charge in [0.1, 0.15) is 11.6 Å². The van der Waals surface area contributed by atoms with E-state index < -0.39 is 12.1 Å². The number of ether oxygens (including phenoxy) is 1. The van der Waals surface area contributed by atoms with E-state index in [-0.39, 0.29) is 0 Å². The fraction of sp³-hybridized carbons (Fsp3) is 0.500. The van der Waals surface area contributed by atoms with Crippen LogP contribution in [0.3, 0.4) is 0 Å². The number of carboxylic acid groups (broad SMARTS) is 1. The molecule has 1 saturated carbocycles. The molecule has 2 fully saturated rings. The van der Waals surface area contributed by atoms with E-state index in [0.29, 0.717) is 49.0 Å². The molecular formula is C20H25N5O4S. The molecule has 3 amide bonds. The molecule has 0 atom stereocenters. The number of rotatable bonds is 7. The standard InChI is InChI=1S/C20H25N5O4S/c26-19(24-16-12-30-18(22-16)14-4-5-14)23-15-2-1-3-17(21-15)29-11-8-13-6-9-25(10-7-13)20(27)28/h1-3,12-14H,4-11H2,(H,27,28)(H2,21,23,24,26). The zero-order valence-corrected chi connectivity index (χ0v) is 17.4.